The Bertz CT molecular complexity index is 957. The molecule has 4 heteroatoms. The van der Waals surface area contributed by atoms with E-state index in [-0.39, 0.29) is 5.54 Å². The maximum Gasteiger partial charge on any atom is 0.162 e. The van der Waals surface area contributed by atoms with E-state index >= 15 is 0 Å². The molecule has 0 amide bonds. The monoisotopic (exact) mass is 497 g/mol. The van der Waals surface area contributed by atoms with Crippen LogP contribution in [-0.2, 0) is 13.2 Å². The molecule has 3 nitrogen and oxygen atoms in total. The Hall–Kier alpha value is -1.52. The number of rotatable bonds is 8. The molecule has 2 aromatic rings. The number of nitrogens with one attached hydrogen (secondary N) is 1. The molecule has 0 aliphatic heterocycles. The number of halogens is 1. The van der Waals surface area contributed by atoms with Crippen LogP contribution >= 0.6 is 15.9 Å². The van der Waals surface area contributed by atoms with Crippen LogP contribution in [-0.4, -0.2) is 12.1 Å². The predicted octanol–water partition coefficient (Wildman–Crippen LogP) is 7.27. The molecule has 0 aromatic heterocycles. The zero-order chi connectivity index (χ0) is 22.4. The minimum atomic E-state index is 0.288. The Morgan fingerprint density at radius 3 is 2.28 bits per heavy atom. The van der Waals surface area contributed by atoms with Crippen molar-refractivity contribution >= 4 is 15.9 Å². The lowest BCUT2D eigenvalue weighted by Crippen LogP contribution is -2.63. The summed E-state index contributed by atoms with van der Waals surface area (Å²) in [5, 5.41) is 4.06. The molecule has 0 heterocycles. The fourth-order valence-corrected chi connectivity index (χ4v) is 8.22. The van der Waals surface area contributed by atoms with E-state index in [1.54, 1.807) is 0 Å². The Labute approximate surface area is 201 Å². The fourth-order valence-electron chi connectivity index (χ4n) is 7.76. The normalized spacial score (nSPS) is 32.8. The molecule has 0 spiro atoms. The summed E-state index contributed by atoms with van der Waals surface area (Å²) in [6.07, 6.45) is 8.24. The van der Waals surface area contributed by atoms with Gasteiger partial charge in [-0.25, -0.2) is 0 Å². The van der Waals surface area contributed by atoms with Crippen molar-refractivity contribution in [3.8, 4) is 11.5 Å². The number of hydrogen-bond donors (Lipinski definition) is 1. The van der Waals surface area contributed by atoms with Gasteiger partial charge in [0.15, 0.2) is 11.5 Å². The van der Waals surface area contributed by atoms with Gasteiger partial charge in [0.25, 0.3) is 0 Å². The third-order valence-electron chi connectivity index (χ3n) is 7.93. The lowest BCUT2D eigenvalue weighted by molar-refractivity contribution is -0.118. The van der Waals surface area contributed by atoms with Gasteiger partial charge < -0.3 is 14.8 Å². The summed E-state index contributed by atoms with van der Waals surface area (Å²) in [5.41, 5.74) is 3.72. The highest BCUT2D eigenvalue weighted by Crippen LogP contribution is 2.66. The van der Waals surface area contributed by atoms with E-state index in [0.717, 1.165) is 34.0 Å². The van der Waals surface area contributed by atoms with E-state index in [2.05, 4.69) is 59.4 Å². The predicted molar refractivity (Wildman–Crippen MR) is 133 cm³/mol. The second-order valence-corrected chi connectivity index (χ2v) is 12.2. The summed E-state index contributed by atoms with van der Waals surface area (Å²) in [4.78, 5) is 0. The average molecular weight is 499 g/mol. The van der Waals surface area contributed by atoms with Crippen LogP contribution < -0.4 is 14.8 Å². The third kappa shape index (κ3) is 4.46. The van der Waals surface area contributed by atoms with Gasteiger partial charge in [0.2, 0.25) is 0 Å². The van der Waals surface area contributed by atoms with Crippen molar-refractivity contribution in [2.75, 3.05) is 6.61 Å². The second kappa shape index (κ2) is 8.36. The van der Waals surface area contributed by atoms with Crippen molar-refractivity contribution in [3.05, 3.63) is 58.1 Å². The first kappa shape index (κ1) is 22.3. The summed E-state index contributed by atoms with van der Waals surface area (Å²) in [7, 11) is 0. The highest BCUT2D eigenvalue weighted by atomic mass is 79.9. The van der Waals surface area contributed by atoms with Gasteiger partial charge in [-0.15, -0.1) is 0 Å². The number of benzene rings is 2. The Balaban J connectivity index is 1.32. The summed E-state index contributed by atoms with van der Waals surface area (Å²) >= 11 is 3.82. The van der Waals surface area contributed by atoms with Gasteiger partial charge in [-0.05, 0) is 85.5 Å². The van der Waals surface area contributed by atoms with E-state index in [9.17, 15) is 0 Å². The van der Waals surface area contributed by atoms with E-state index in [0.29, 0.717) is 24.0 Å². The zero-order valence-electron chi connectivity index (χ0n) is 19.7. The summed E-state index contributed by atoms with van der Waals surface area (Å²) in [6, 6.07) is 14.5. The van der Waals surface area contributed by atoms with Gasteiger partial charge in [-0.3, -0.25) is 0 Å². The zero-order valence-corrected chi connectivity index (χ0v) is 21.3. The first-order chi connectivity index (χ1) is 15.3. The molecule has 2 atom stereocenters. The van der Waals surface area contributed by atoms with Crippen LogP contribution in [0.5, 0.6) is 11.5 Å². The van der Waals surface area contributed by atoms with Gasteiger partial charge in [0.05, 0.1) is 6.61 Å². The van der Waals surface area contributed by atoms with E-state index < -0.39 is 0 Å². The first-order valence-corrected chi connectivity index (χ1v) is 13.0. The Morgan fingerprint density at radius 2 is 1.62 bits per heavy atom. The molecule has 4 saturated carbocycles. The van der Waals surface area contributed by atoms with Crippen LogP contribution in [0.4, 0.5) is 0 Å². The molecule has 6 rings (SSSR count). The van der Waals surface area contributed by atoms with Crippen molar-refractivity contribution < 1.29 is 9.47 Å². The average Bonchev–Trinajstić information content (AvgIpc) is 2.71. The minimum absolute atomic E-state index is 0.288. The molecule has 2 aromatic carbocycles. The molecule has 4 fully saturated rings. The van der Waals surface area contributed by atoms with Gasteiger partial charge in [-0.1, -0.05) is 60.1 Å². The van der Waals surface area contributed by atoms with Crippen molar-refractivity contribution in [2.45, 2.75) is 78.0 Å². The van der Waals surface area contributed by atoms with Crippen LogP contribution in [0.3, 0.4) is 0 Å². The Morgan fingerprint density at radius 1 is 0.938 bits per heavy atom. The smallest absolute Gasteiger partial charge is 0.162 e. The molecule has 4 aliphatic carbocycles. The van der Waals surface area contributed by atoms with Crippen LogP contribution in [0.1, 0.15) is 70.4 Å². The molecular weight excluding hydrogens is 462 g/mol. The largest absolute Gasteiger partial charge is 0.490 e. The van der Waals surface area contributed by atoms with Crippen LogP contribution in [0.2, 0.25) is 0 Å². The molecule has 1 N–H and O–H groups in total. The summed E-state index contributed by atoms with van der Waals surface area (Å²) in [5.74, 6) is 2.51. The standard InChI is InChI=1S/C28H36BrNO2/c1-4-31-24-10-22(23(29)11-25(24)32-16-20-8-6-5-7-9-20)15-30-28-14-21-12-26(2,18-28)17-27(3,13-21)19-28/h5-11,21,30H,4,12-19H2,1-3H3. The lowest BCUT2D eigenvalue weighted by atomic mass is 9.43. The van der Waals surface area contributed by atoms with E-state index in [4.69, 9.17) is 9.47 Å². The van der Waals surface area contributed by atoms with Gasteiger partial charge >= 0.3 is 0 Å². The topological polar surface area (TPSA) is 30.5 Å². The summed E-state index contributed by atoms with van der Waals surface area (Å²) < 4.78 is 13.2. The maximum atomic E-state index is 6.14. The highest BCUT2D eigenvalue weighted by molar-refractivity contribution is 9.10. The second-order valence-electron chi connectivity index (χ2n) is 11.4. The van der Waals surface area contributed by atoms with Crippen molar-refractivity contribution in [1.29, 1.82) is 0 Å². The minimum Gasteiger partial charge on any atom is -0.490 e. The number of hydrogen-bond acceptors (Lipinski definition) is 3. The SMILES string of the molecule is CCOc1cc(CNC23CC4CC(C)(CC(C)(C4)C2)C3)c(Br)cc1OCc1ccccc1. The fraction of sp³-hybridized carbons (Fsp3) is 0.571. The van der Waals surface area contributed by atoms with Gasteiger partial charge in [0, 0.05) is 16.6 Å². The molecule has 32 heavy (non-hydrogen) atoms. The molecule has 172 valence electrons. The van der Waals surface area contributed by atoms with Crippen LogP contribution in [0.25, 0.3) is 0 Å². The quantitative estimate of drug-likeness (QED) is 0.415. The van der Waals surface area contributed by atoms with Crippen molar-refractivity contribution in [1.82, 2.24) is 5.32 Å². The van der Waals surface area contributed by atoms with Crippen molar-refractivity contribution in [2.24, 2.45) is 16.7 Å². The van der Waals surface area contributed by atoms with Gasteiger partial charge in [0.1, 0.15) is 6.61 Å². The molecule has 0 saturated heterocycles. The van der Waals surface area contributed by atoms with Crippen molar-refractivity contribution in [3.63, 3.8) is 0 Å². The Kier molecular flexibility index (Phi) is 5.82. The summed E-state index contributed by atoms with van der Waals surface area (Å²) in [6.45, 7) is 9.11. The van der Waals surface area contributed by atoms with E-state index in [1.165, 1.54) is 44.1 Å². The van der Waals surface area contributed by atoms with Gasteiger partial charge in [-0.2, -0.15) is 0 Å². The van der Waals surface area contributed by atoms with E-state index in [1.807, 2.05) is 25.1 Å². The molecule has 2 unspecified atom stereocenters. The number of ether oxygens (including phenoxy) is 2. The molecule has 0 radical (unpaired) electrons. The maximum absolute atomic E-state index is 6.14. The molecular formula is C28H36BrNO2. The first-order valence-electron chi connectivity index (χ1n) is 12.2. The molecule has 4 aliphatic rings. The van der Waals surface area contributed by atoms with Crippen LogP contribution in [0, 0.1) is 16.7 Å². The third-order valence-corrected chi connectivity index (χ3v) is 8.67. The molecule has 4 bridgehead atoms. The van der Waals surface area contributed by atoms with Crippen LogP contribution in [0.15, 0.2) is 46.9 Å². The highest BCUT2D eigenvalue weighted by Gasteiger charge is 2.59. The lowest BCUT2D eigenvalue weighted by Gasteiger charge is -2.65.